The van der Waals surface area contributed by atoms with Crippen LogP contribution in [0, 0.1) is 5.92 Å². The number of aliphatic carboxylic acids is 1. The second kappa shape index (κ2) is 6.43. The molecule has 0 radical (unpaired) electrons. The van der Waals surface area contributed by atoms with Crippen molar-refractivity contribution in [2.75, 3.05) is 13.2 Å². The van der Waals surface area contributed by atoms with E-state index in [1.807, 2.05) is 6.92 Å². The Kier molecular flexibility index (Phi) is 5.39. The van der Waals surface area contributed by atoms with Crippen molar-refractivity contribution in [1.29, 1.82) is 0 Å². The Balaban J connectivity index is 2.83. The van der Waals surface area contributed by atoms with Crippen LogP contribution >= 0.6 is 0 Å². The first-order chi connectivity index (χ1) is 9.18. The van der Waals surface area contributed by atoms with Gasteiger partial charge >= 0.3 is 12.1 Å². The summed E-state index contributed by atoms with van der Waals surface area (Å²) >= 11 is 0. The van der Waals surface area contributed by atoms with Crippen molar-refractivity contribution in [1.82, 2.24) is 5.32 Å². The number of nitrogens with one attached hydrogen (secondary N) is 1. The molecular weight excluding hydrogens is 262 g/mol. The van der Waals surface area contributed by atoms with E-state index in [2.05, 4.69) is 5.32 Å². The fourth-order valence-electron chi connectivity index (χ4n) is 2.52. The Labute approximate surface area is 119 Å². The third-order valence-corrected chi connectivity index (χ3v) is 3.31. The molecule has 0 bridgehead atoms. The smallest absolute Gasteiger partial charge is 0.408 e. The number of rotatable bonds is 5. The first-order valence-corrected chi connectivity index (χ1v) is 6.99. The number of amides is 1. The lowest BCUT2D eigenvalue weighted by Gasteiger charge is -2.34. The van der Waals surface area contributed by atoms with Crippen molar-refractivity contribution in [2.24, 2.45) is 5.92 Å². The summed E-state index contributed by atoms with van der Waals surface area (Å²) < 4.78 is 10.7. The summed E-state index contributed by atoms with van der Waals surface area (Å²) in [4.78, 5) is 23.1. The number of hydrogen-bond acceptors (Lipinski definition) is 4. The third-order valence-electron chi connectivity index (χ3n) is 3.31. The zero-order valence-corrected chi connectivity index (χ0v) is 12.7. The van der Waals surface area contributed by atoms with Gasteiger partial charge in [0, 0.05) is 5.92 Å². The third kappa shape index (κ3) is 4.67. The molecule has 0 aromatic carbocycles. The average molecular weight is 287 g/mol. The van der Waals surface area contributed by atoms with Crippen LogP contribution in [0.2, 0.25) is 0 Å². The van der Waals surface area contributed by atoms with E-state index in [0.29, 0.717) is 6.61 Å². The highest BCUT2D eigenvalue weighted by Crippen LogP contribution is 2.33. The predicted octanol–water partition coefficient (Wildman–Crippen LogP) is 2.17. The maximum Gasteiger partial charge on any atom is 0.408 e. The number of ether oxygens (including phenoxy) is 2. The van der Waals surface area contributed by atoms with Gasteiger partial charge in [-0.3, -0.25) is 4.79 Å². The summed E-state index contributed by atoms with van der Waals surface area (Å²) in [6, 6.07) is 0. The zero-order valence-electron chi connectivity index (χ0n) is 12.7. The van der Waals surface area contributed by atoms with Gasteiger partial charge in [-0.1, -0.05) is 13.3 Å². The first-order valence-electron chi connectivity index (χ1n) is 6.99. The largest absolute Gasteiger partial charge is 0.481 e. The molecule has 1 aliphatic heterocycles. The van der Waals surface area contributed by atoms with E-state index in [0.717, 1.165) is 12.8 Å². The minimum atomic E-state index is -0.951. The number of carboxylic acid groups (broad SMARTS) is 1. The zero-order chi connectivity index (χ0) is 15.4. The van der Waals surface area contributed by atoms with Crippen LogP contribution in [0.15, 0.2) is 0 Å². The fourth-order valence-corrected chi connectivity index (χ4v) is 2.52. The lowest BCUT2D eigenvalue weighted by atomic mass is 9.81. The van der Waals surface area contributed by atoms with Gasteiger partial charge in [0.25, 0.3) is 0 Å². The van der Waals surface area contributed by atoms with Gasteiger partial charge in [0.05, 0.1) is 25.2 Å². The van der Waals surface area contributed by atoms with Crippen LogP contribution in [-0.4, -0.2) is 41.5 Å². The van der Waals surface area contributed by atoms with Gasteiger partial charge in [0.15, 0.2) is 0 Å². The summed E-state index contributed by atoms with van der Waals surface area (Å²) in [6.07, 6.45) is 0.969. The van der Waals surface area contributed by atoms with E-state index in [9.17, 15) is 9.59 Å². The lowest BCUT2D eigenvalue weighted by molar-refractivity contribution is -0.139. The van der Waals surface area contributed by atoms with Crippen LogP contribution in [0.4, 0.5) is 4.79 Å². The molecule has 6 heteroatoms. The highest BCUT2D eigenvalue weighted by Gasteiger charge is 2.47. The molecule has 1 heterocycles. The molecule has 0 aliphatic carbocycles. The maximum atomic E-state index is 12.0. The summed E-state index contributed by atoms with van der Waals surface area (Å²) in [5.41, 5.74) is -1.49. The molecule has 0 spiro atoms. The number of alkyl carbamates (subject to hydrolysis) is 1. The molecule has 0 aromatic heterocycles. The highest BCUT2D eigenvalue weighted by molar-refractivity contribution is 5.73. The van der Waals surface area contributed by atoms with Crippen molar-refractivity contribution in [2.45, 2.75) is 58.1 Å². The number of hydrogen-bond donors (Lipinski definition) is 2. The first kappa shape index (κ1) is 16.8. The van der Waals surface area contributed by atoms with Gasteiger partial charge in [-0.2, -0.15) is 0 Å². The Hall–Kier alpha value is -1.30. The predicted molar refractivity (Wildman–Crippen MR) is 73.6 cm³/mol. The van der Waals surface area contributed by atoms with Crippen molar-refractivity contribution in [3.8, 4) is 0 Å². The number of carboxylic acids is 1. The number of carbonyl (C=O) groups is 2. The fraction of sp³-hybridized carbons (Fsp3) is 0.857. The molecule has 2 unspecified atom stereocenters. The van der Waals surface area contributed by atoms with Crippen molar-refractivity contribution >= 4 is 12.1 Å². The SMILES string of the molecule is CCCC1COCC1(CC(=O)O)NC(=O)OC(C)(C)C. The van der Waals surface area contributed by atoms with Crippen LogP contribution in [-0.2, 0) is 14.3 Å². The van der Waals surface area contributed by atoms with Crippen molar-refractivity contribution in [3.05, 3.63) is 0 Å². The van der Waals surface area contributed by atoms with Crippen LogP contribution in [0.5, 0.6) is 0 Å². The second-order valence-electron chi connectivity index (χ2n) is 6.35. The molecule has 20 heavy (non-hydrogen) atoms. The van der Waals surface area contributed by atoms with E-state index >= 15 is 0 Å². The Morgan fingerprint density at radius 1 is 1.45 bits per heavy atom. The molecule has 1 amide bonds. The Morgan fingerprint density at radius 2 is 2.10 bits per heavy atom. The molecule has 6 nitrogen and oxygen atoms in total. The van der Waals surface area contributed by atoms with Crippen LogP contribution in [0.3, 0.4) is 0 Å². The Morgan fingerprint density at radius 3 is 2.60 bits per heavy atom. The standard InChI is InChI=1S/C14H25NO5/c1-5-6-10-8-19-9-14(10,7-11(16)17)15-12(18)20-13(2,3)4/h10H,5-9H2,1-4H3,(H,15,18)(H,16,17). The van der Waals surface area contributed by atoms with Gasteiger partial charge in [0.2, 0.25) is 0 Å². The molecule has 1 fully saturated rings. The van der Waals surface area contributed by atoms with Gasteiger partial charge in [-0.15, -0.1) is 0 Å². The maximum absolute atomic E-state index is 12.0. The molecule has 0 aromatic rings. The van der Waals surface area contributed by atoms with E-state index in [-0.39, 0.29) is 18.9 Å². The van der Waals surface area contributed by atoms with E-state index in [1.54, 1.807) is 20.8 Å². The molecular formula is C14H25NO5. The van der Waals surface area contributed by atoms with E-state index in [4.69, 9.17) is 14.6 Å². The van der Waals surface area contributed by atoms with Crippen LogP contribution < -0.4 is 5.32 Å². The summed E-state index contributed by atoms with van der Waals surface area (Å²) in [7, 11) is 0. The van der Waals surface area contributed by atoms with Crippen molar-refractivity contribution < 1.29 is 24.2 Å². The summed E-state index contributed by atoms with van der Waals surface area (Å²) in [6.45, 7) is 8.01. The summed E-state index contributed by atoms with van der Waals surface area (Å²) in [5.74, 6) is -0.955. The molecule has 2 atom stereocenters. The summed E-state index contributed by atoms with van der Waals surface area (Å²) in [5, 5.41) is 11.9. The van der Waals surface area contributed by atoms with Gasteiger partial charge < -0.3 is 19.9 Å². The normalized spacial score (nSPS) is 26.3. The Bertz CT molecular complexity index is 363. The highest BCUT2D eigenvalue weighted by atomic mass is 16.6. The molecule has 1 rings (SSSR count). The molecule has 116 valence electrons. The van der Waals surface area contributed by atoms with E-state index in [1.165, 1.54) is 0 Å². The minimum Gasteiger partial charge on any atom is -0.481 e. The molecule has 0 saturated carbocycles. The van der Waals surface area contributed by atoms with Gasteiger partial charge in [0.1, 0.15) is 5.60 Å². The van der Waals surface area contributed by atoms with Gasteiger partial charge in [-0.25, -0.2) is 4.79 Å². The molecule has 1 aliphatic rings. The van der Waals surface area contributed by atoms with Crippen LogP contribution in [0.1, 0.15) is 47.0 Å². The minimum absolute atomic E-state index is 0.00359. The lowest BCUT2D eigenvalue weighted by Crippen LogP contribution is -2.56. The van der Waals surface area contributed by atoms with Crippen molar-refractivity contribution in [3.63, 3.8) is 0 Å². The quantitative estimate of drug-likeness (QED) is 0.809. The van der Waals surface area contributed by atoms with Crippen LogP contribution in [0.25, 0.3) is 0 Å². The van der Waals surface area contributed by atoms with Gasteiger partial charge in [-0.05, 0) is 27.2 Å². The second-order valence-corrected chi connectivity index (χ2v) is 6.35. The molecule has 2 N–H and O–H groups in total. The monoisotopic (exact) mass is 287 g/mol. The molecule has 1 saturated heterocycles. The van der Waals surface area contributed by atoms with E-state index < -0.39 is 23.2 Å². The number of carbonyl (C=O) groups excluding carboxylic acids is 1. The average Bonchev–Trinajstić information content (AvgIpc) is 2.57. The topological polar surface area (TPSA) is 84.9 Å².